The number of pyridine rings is 1. The molecule has 0 fully saturated rings. The summed E-state index contributed by atoms with van der Waals surface area (Å²) < 4.78 is 5.74. The van der Waals surface area contributed by atoms with Crippen molar-refractivity contribution < 1.29 is 4.42 Å². The molecule has 5 heteroatoms. The van der Waals surface area contributed by atoms with E-state index in [0.717, 1.165) is 32.6 Å². The quantitative estimate of drug-likeness (QED) is 0.563. The first kappa shape index (κ1) is 12.2. The third kappa shape index (κ3) is 2.11. The van der Waals surface area contributed by atoms with Gasteiger partial charge in [0.25, 0.3) is 5.22 Å². The molecule has 0 atom stereocenters. The molecular formula is C16H11N3OS. The summed E-state index contributed by atoms with van der Waals surface area (Å²) in [5.74, 6) is 0. The molecule has 0 radical (unpaired) electrons. The van der Waals surface area contributed by atoms with Crippen LogP contribution in [0, 0.1) is 0 Å². The zero-order valence-corrected chi connectivity index (χ0v) is 11.8. The zero-order valence-electron chi connectivity index (χ0n) is 11.0. The lowest BCUT2D eigenvalue weighted by Gasteiger charge is -2.05. The second kappa shape index (κ2) is 4.79. The maximum absolute atomic E-state index is 5.99. The third-order valence-corrected chi connectivity index (χ3v) is 4.14. The van der Waals surface area contributed by atoms with Gasteiger partial charge in [-0.15, -0.1) is 0 Å². The smallest absolute Gasteiger partial charge is 0.261 e. The van der Waals surface area contributed by atoms with Gasteiger partial charge in [-0.25, -0.2) is 4.98 Å². The average Bonchev–Trinajstić information content (AvgIpc) is 2.93. The molecule has 102 valence electrons. The molecule has 4 nitrogen and oxygen atoms in total. The Kier molecular flexibility index (Phi) is 2.79. The molecule has 21 heavy (non-hydrogen) atoms. The fourth-order valence-corrected chi connectivity index (χ4v) is 3.10. The van der Waals surface area contributed by atoms with E-state index in [1.54, 1.807) is 6.20 Å². The van der Waals surface area contributed by atoms with Crippen LogP contribution < -0.4 is 5.73 Å². The summed E-state index contributed by atoms with van der Waals surface area (Å²) in [5.41, 5.74) is 9.22. The Bertz CT molecular complexity index is 915. The molecule has 4 rings (SSSR count). The largest absolute Gasteiger partial charge is 0.431 e. The highest BCUT2D eigenvalue weighted by Gasteiger charge is 2.11. The van der Waals surface area contributed by atoms with Crippen molar-refractivity contribution in [3.63, 3.8) is 0 Å². The number of rotatable bonds is 2. The van der Waals surface area contributed by atoms with Crippen molar-refractivity contribution in [1.29, 1.82) is 0 Å². The van der Waals surface area contributed by atoms with Crippen LogP contribution in [0.5, 0.6) is 0 Å². The van der Waals surface area contributed by atoms with Crippen LogP contribution in [0.15, 0.2) is 69.3 Å². The van der Waals surface area contributed by atoms with Gasteiger partial charge in [-0.2, -0.15) is 0 Å². The van der Waals surface area contributed by atoms with Crippen molar-refractivity contribution in [2.45, 2.75) is 10.1 Å². The highest BCUT2D eigenvalue weighted by atomic mass is 32.2. The number of benzene rings is 2. The van der Waals surface area contributed by atoms with E-state index in [9.17, 15) is 0 Å². The van der Waals surface area contributed by atoms with Gasteiger partial charge in [-0.1, -0.05) is 12.1 Å². The van der Waals surface area contributed by atoms with Crippen LogP contribution in [0.2, 0.25) is 0 Å². The molecule has 4 aromatic rings. The molecule has 0 aliphatic heterocycles. The van der Waals surface area contributed by atoms with Gasteiger partial charge < -0.3 is 10.2 Å². The Morgan fingerprint density at radius 2 is 1.90 bits per heavy atom. The van der Waals surface area contributed by atoms with Gasteiger partial charge in [-0.3, -0.25) is 4.98 Å². The Hall–Kier alpha value is -2.53. The molecule has 0 amide bonds. The van der Waals surface area contributed by atoms with E-state index in [1.165, 1.54) is 11.8 Å². The number of nitrogens with two attached hydrogens (primary N) is 1. The maximum Gasteiger partial charge on any atom is 0.261 e. The summed E-state index contributed by atoms with van der Waals surface area (Å²) in [6, 6.07) is 15.4. The van der Waals surface area contributed by atoms with Gasteiger partial charge in [0.15, 0.2) is 5.58 Å². The maximum atomic E-state index is 5.99. The number of oxazole rings is 1. The van der Waals surface area contributed by atoms with E-state index >= 15 is 0 Å². The first-order chi connectivity index (χ1) is 10.3. The minimum atomic E-state index is 0.605. The number of anilines is 1. The number of hydrogen-bond donors (Lipinski definition) is 1. The Labute approximate surface area is 125 Å². The molecule has 0 saturated heterocycles. The summed E-state index contributed by atoms with van der Waals surface area (Å²) in [5, 5.41) is 1.55. The van der Waals surface area contributed by atoms with Crippen molar-refractivity contribution in [3.05, 3.63) is 54.7 Å². The fraction of sp³-hybridized carbons (Fsp3) is 0. The van der Waals surface area contributed by atoms with E-state index in [-0.39, 0.29) is 0 Å². The van der Waals surface area contributed by atoms with E-state index < -0.39 is 0 Å². The van der Waals surface area contributed by atoms with Crippen molar-refractivity contribution in [2.75, 3.05) is 5.73 Å². The summed E-state index contributed by atoms with van der Waals surface area (Å²) in [7, 11) is 0. The predicted octanol–water partition coefficient (Wildman–Crippen LogP) is 4.11. The molecule has 2 aromatic heterocycles. The van der Waals surface area contributed by atoms with Crippen molar-refractivity contribution >= 4 is 39.5 Å². The third-order valence-electron chi connectivity index (χ3n) is 3.24. The lowest BCUT2D eigenvalue weighted by Crippen LogP contribution is -1.90. The molecule has 0 saturated carbocycles. The second-order valence-corrected chi connectivity index (χ2v) is 5.60. The SMILES string of the molecule is Nc1ccc(Sc2nc3ccccc3o2)c2ncccc12. The first-order valence-electron chi connectivity index (χ1n) is 6.48. The highest BCUT2D eigenvalue weighted by molar-refractivity contribution is 7.99. The fourth-order valence-electron chi connectivity index (χ4n) is 2.24. The monoisotopic (exact) mass is 293 g/mol. The minimum Gasteiger partial charge on any atom is -0.431 e. The number of nitrogens with zero attached hydrogens (tertiary/aromatic N) is 2. The van der Waals surface area contributed by atoms with Crippen LogP contribution in [0.4, 0.5) is 5.69 Å². The predicted molar refractivity (Wildman–Crippen MR) is 84.3 cm³/mol. The lowest BCUT2D eigenvalue weighted by atomic mass is 10.2. The normalized spacial score (nSPS) is 11.2. The van der Waals surface area contributed by atoms with Gasteiger partial charge in [-0.05, 0) is 48.2 Å². The van der Waals surface area contributed by atoms with Gasteiger partial charge in [0, 0.05) is 22.2 Å². The number of nitrogen functional groups attached to an aromatic ring is 1. The van der Waals surface area contributed by atoms with Gasteiger partial charge in [0.1, 0.15) is 5.52 Å². The number of aromatic nitrogens is 2. The van der Waals surface area contributed by atoms with E-state index in [2.05, 4.69) is 9.97 Å². The summed E-state index contributed by atoms with van der Waals surface area (Å²) in [6.45, 7) is 0. The minimum absolute atomic E-state index is 0.605. The van der Waals surface area contributed by atoms with Crippen LogP contribution >= 0.6 is 11.8 Å². The van der Waals surface area contributed by atoms with Crippen molar-refractivity contribution in [1.82, 2.24) is 9.97 Å². The zero-order chi connectivity index (χ0) is 14.2. The molecule has 0 unspecified atom stereocenters. The van der Waals surface area contributed by atoms with Crippen LogP contribution in [0.1, 0.15) is 0 Å². The number of hydrogen-bond acceptors (Lipinski definition) is 5. The highest BCUT2D eigenvalue weighted by Crippen LogP contribution is 2.35. The van der Waals surface area contributed by atoms with Crippen molar-refractivity contribution in [2.24, 2.45) is 0 Å². The molecule has 2 heterocycles. The van der Waals surface area contributed by atoms with Gasteiger partial charge in [0.2, 0.25) is 0 Å². The molecule has 0 spiro atoms. The molecular weight excluding hydrogens is 282 g/mol. The molecule has 0 bridgehead atoms. The standard InChI is InChI=1S/C16H11N3OS/c17-11-7-8-14(15-10(11)4-3-9-18-15)21-16-19-12-5-1-2-6-13(12)20-16/h1-9H,17H2. The molecule has 0 aliphatic carbocycles. The van der Waals surface area contributed by atoms with E-state index in [4.69, 9.17) is 10.2 Å². The van der Waals surface area contributed by atoms with Gasteiger partial charge >= 0.3 is 0 Å². The summed E-state index contributed by atoms with van der Waals surface area (Å²) in [6.07, 6.45) is 1.76. The van der Waals surface area contributed by atoms with Crippen LogP contribution in [-0.4, -0.2) is 9.97 Å². The summed E-state index contributed by atoms with van der Waals surface area (Å²) >= 11 is 1.46. The molecule has 2 N–H and O–H groups in total. The summed E-state index contributed by atoms with van der Waals surface area (Å²) in [4.78, 5) is 9.87. The van der Waals surface area contributed by atoms with Crippen LogP contribution in [0.3, 0.4) is 0 Å². The lowest BCUT2D eigenvalue weighted by molar-refractivity contribution is 0.489. The van der Waals surface area contributed by atoms with Crippen LogP contribution in [-0.2, 0) is 0 Å². The topological polar surface area (TPSA) is 64.9 Å². The number of para-hydroxylation sites is 2. The Morgan fingerprint density at radius 3 is 2.81 bits per heavy atom. The van der Waals surface area contributed by atoms with E-state index in [1.807, 2.05) is 48.5 Å². The Morgan fingerprint density at radius 1 is 1.00 bits per heavy atom. The molecule has 2 aromatic carbocycles. The van der Waals surface area contributed by atoms with Crippen LogP contribution in [0.25, 0.3) is 22.0 Å². The second-order valence-electron chi connectivity index (χ2n) is 4.60. The molecule has 0 aliphatic rings. The Balaban J connectivity index is 1.82. The van der Waals surface area contributed by atoms with Gasteiger partial charge in [0.05, 0.1) is 5.52 Å². The average molecular weight is 293 g/mol. The van der Waals surface area contributed by atoms with Crippen molar-refractivity contribution in [3.8, 4) is 0 Å². The van der Waals surface area contributed by atoms with E-state index in [0.29, 0.717) is 5.22 Å². The number of fused-ring (bicyclic) bond motifs is 2. The first-order valence-corrected chi connectivity index (χ1v) is 7.29.